The Hall–Kier alpha value is -1.89. The molecule has 0 fully saturated rings. The van der Waals surface area contributed by atoms with Crippen LogP contribution in [0.1, 0.15) is 24.1 Å². The van der Waals surface area contributed by atoms with Crippen molar-refractivity contribution in [1.29, 1.82) is 0 Å². The standard InChI is InChI=1S/C20H25ClF2N2O2/c1-4-26-19-11-14(9-10-18(19)27-20(22)23)12-24-13-17(25(2)3)15-7-5-6-8-16(15)21/h5-11,17,20,24H,4,12-13H2,1-3H3. The lowest BCUT2D eigenvalue weighted by Crippen LogP contribution is -2.31. The number of halogens is 3. The van der Waals surface area contributed by atoms with Crippen LogP contribution in [-0.4, -0.2) is 38.8 Å². The van der Waals surface area contributed by atoms with Crippen LogP contribution in [0.5, 0.6) is 11.5 Å². The third kappa shape index (κ3) is 6.34. The summed E-state index contributed by atoms with van der Waals surface area (Å²) in [5.74, 6) is 0.352. The van der Waals surface area contributed by atoms with Crippen LogP contribution in [0.4, 0.5) is 8.78 Å². The zero-order valence-corrected chi connectivity index (χ0v) is 16.5. The van der Waals surface area contributed by atoms with Gasteiger partial charge < -0.3 is 19.7 Å². The number of hydrogen-bond donors (Lipinski definition) is 1. The quantitative estimate of drug-likeness (QED) is 0.627. The molecule has 1 atom stereocenters. The molecule has 0 bridgehead atoms. The van der Waals surface area contributed by atoms with Gasteiger partial charge in [0.1, 0.15) is 0 Å². The molecule has 0 amide bonds. The molecule has 0 aromatic heterocycles. The van der Waals surface area contributed by atoms with Crippen molar-refractivity contribution in [2.75, 3.05) is 27.2 Å². The molecule has 1 N–H and O–H groups in total. The molecule has 0 heterocycles. The van der Waals surface area contributed by atoms with Crippen molar-refractivity contribution < 1.29 is 18.3 Å². The van der Waals surface area contributed by atoms with E-state index in [0.29, 0.717) is 25.4 Å². The average Bonchev–Trinajstić information content (AvgIpc) is 2.61. The Balaban J connectivity index is 2.04. The lowest BCUT2D eigenvalue weighted by Gasteiger charge is -2.26. The van der Waals surface area contributed by atoms with Crippen LogP contribution in [-0.2, 0) is 6.54 Å². The highest BCUT2D eigenvalue weighted by Gasteiger charge is 2.17. The van der Waals surface area contributed by atoms with Crippen molar-refractivity contribution in [3.05, 3.63) is 58.6 Å². The molecule has 0 aliphatic rings. The maximum Gasteiger partial charge on any atom is 0.387 e. The lowest BCUT2D eigenvalue weighted by molar-refractivity contribution is -0.0514. The fourth-order valence-electron chi connectivity index (χ4n) is 2.79. The highest BCUT2D eigenvalue weighted by molar-refractivity contribution is 6.31. The highest BCUT2D eigenvalue weighted by atomic mass is 35.5. The van der Waals surface area contributed by atoms with Gasteiger partial charge in [-0.2, -0.15) is 8.78 Å². The average molecular weight is 399 g/mol. The van der Waals surface area contributed by atoms with Gasteiger partial charge in [0.15, 0.2) is 11.5 Å². The van der Waals surface area contributed by atoms with E-state index in [4.69, 9.17) is 16.3 Å². The molecule has 0 spiro atoms. The van der Waals surface area contributed by atoms with Gasteiger partial charge in [-0.15, -0.1) is 0 Å². The van der Waals surface area contributed by atoms with E-state index in [2.05, 4.69) is 15.0 Å². The number of rotatable bonds is 10. The minimum absolute atomic E-state index is 0.0397. The summed E-state index contributed by atoms with van der Waals surface area (Å²) in [7, 11) is 4.00. The first-order valence-corrected chi connectivity index (χ1v) is 9.12. The molecule has 148 valence electrons. The van der Waals surface area contributed by atoms with Gasteiger partial charge in [-0.25, -0.2) is 0 Å². The van der Waals surface area contributed by atoms with Crippen LogP contribution in [0.3, 0.4) is 0 Å². The lowest BCUT2D eigenvalue weighted by atomic mass is 10.1. The second-order valence-corrected chi connectivity index (χ2v) is 6.63. The highest BCUT2D eigenvalue weighted by Crippen LogP contribution is 2.30. The molecule has 27 heavy (non-hydrogen) atoms. The van der Waals surface area contributed by atoms with Crippen LogP contribution in [0, 0.1) is 0 Å². The summed E-state index contributed by atoms with van der Waals surface area (Å²) in [5.41, 5.74) is 1.96. The Bertz CT molecular complexity index is 729. The van der Waals surface area contributed by atoms with Crippen LogP contribution < -0.4 is 14.8 Å². The smallest absolute Gasteiger partial charge is 0.387 e. The largest absolute Gasteiger partial charge is 0.490 e. The molecule has 0 aliphatic carbocycles. The first-order chi connectivity index (χ1) is 12.9. The van der Waals surface area contributed by atoms with Gasteiger partial charge in [0.05, 0.1) is 6.61 Å². The number of nitrogens with zero attached hydrogens (tertiary/aromatic N) is 1. The molecule has 0 saturated carbocycles. The summed E-state index contributed by atoms with van der Waals surface area (Å²) in [5, 5.41) is 4.12. The number of alkyl halides is 2. The summed E-state index contributed by atoms with van der Waals surface area (Å²) < 4.78 is 34.9. The maximum atomic E-state index is 12.5. The van der Waals surface area contributed by atoms with Crippen LogP contribution in [0.15, 0.2) is 42.5 Å². The first kappa shape index (κ1) is 21.4. The SMILES string of the molecule is CCOc1cc(CNCC(c2ccccc2Cl)N(C)C)ccc1OC(F)F. The third-order valence-electron chi connectivity index (χ3n) is 4.08. The monoisotopic (exact) mass is 398 g/mol. The number of nitrogens with one attached hydrogen (secondary N) is 1. The van der Waals surface area contributed by atoms with Gasteiger partial charge in [-0.3, -0.25) is 0 Å². The third-order valence-corrected chi connectivity index (χ3v) is 4.42. The molecule has 2 rings (SSSR count). The number of ether oxygens (including phenoxy) is 2. The Morgan fingerprint density at radius 2 is 1.85 bits per heavy atom. The minimum Gasteiger partial charge on any atom is -0.490 e. The molecule has 0 saturated heterocycles. The van der Waals surface area contributed by atoms with Gasteiger partial charge in [0.25, 0.3) is 0 Å². The van der Waals surface area contributed by atoms with Gasteiger partial charge in [-0.1, -0.05) is 35.9 Å². The molecule has 4 nitrogen and oxygen atoms in total. The summed E-state index contributed by atoms with van der Waals surface area (Å²) >= 11 is 6.33. The summed E-state index contributed by atoms with van der Waals surface area (Å²) in [6.45, 7) is 0.512. The van der Waals surface area contributed by atoms with E-state index in [1.165, 1.54) is 6.07 Å². The van der Waals surface area contributed by atoms with E-state index in [1.54, 1.807) is 19.1 Å². The number of likely N-dealkylation sites (N-methyl/N-ethyl adjacent to an activating group) is 1. The van der Waals surface area contributed by atoms with E-state index in [-0.39, 0.29) is 11.8 Å². The van der Waals surface area contributed by atoms with Crippen molar-refractivity contribution in [3.8, 4) is 11.5 Å². The number of benzene rings is 2. The van der Waals surface area contributed by atoms with E-state index in [9.17, 15) is 8.78 Å². The van der Waals surface area contributed by atoms with Crippen molar-refractivity contribution >= 4 is 11.6 Å². The Kier molecular flexibility index (Phi) is 8.28. The Morgan fingerprint density at radius 1 is 1.11 bits per heavy atom. The van der Waals surface area contributed by atoms with E-state index < -0.39 is 6.61 Å². The molecule has 1 unspecified atom stereocenters. The molecular formula is C20H25ClF2N2O2. The fourth-order valence-corrected chi connectivity index (χ4v) is 3.06. The van der Waals surface area contributed by atoms with E-state index in [1.807, 2.05) is 38.4 Å². The topological polar surface area (TPSA) is 33.7 Å². The molecule has 2 aromatic carbocycles. The second-order valence-electron chi connectivity index (χ2n) is 6.22. The predicted octanol–water partition coefficient (Wildman–Crippen LogP) is 4.73. The summed E-state index contributed by atoms with van der Waals surface area (Å²) in [4.78, 5) is 2.10. The van der Waals surface area contributed by atoms with E-state index >= 15 is 0 Å². The maximum absolute atomic E-state index is 12.5. The number of hydrogen-bond acceptors (Lipinski definition) is 4. The Morgan fingerprint density at radius 3 is 2.48 bits per heavy atom. The van der Waals surface area contributed by atoms with Gasteiger partial charge in [-0.05, 0) is 50.3 Å². The van der Waals surface area contributed by atoms with Crippen LogP contribution in [0.25, 0.3) is 0 Å². The molecule has 2 aromatic rings. The molecule has 0 radical (unpaired) electrons. The Labute approximate surface area is 164 Å². The van der Waals surface area contributed by atoms with Crippen molar-refractivity contribution in [2.24, 2.45) is 0 Å². The van der Waals surface area contributed by atoms with Crippen LogP contribution >= 0.6 is 11.6 Å². The normalized spacial score (nSPS) is 12.4. The second kappa shape index (κ2) is 10.4. The minimum atomic E-state index is -2.88. The van der Waals surface area contributed by atoms with Gasteiger partial charge in [0, 0.05) is 24.2 Å². The van der Waals surface area contributed by atoms with Crippen molar-refractivity contribution in [2.45, 2.75) is 26.1 Å². The van der Waals surface area contributed by atoms with E-state index in [0.717, 1.165) is 16.1 Å². The van der Waals surface area contributed by atoms with Gasteiger partial charge in [0.2, 0.25) is 0 Å². The molecular weight excluding hydrogens is 374 g/mol. The van der Waals surface area contributed by atoms with Crippen molar-refractivity contribution in [3.63, 3.8) is 0 Å². The predicted molar refractivity (Wildman–Crippen MR) is 104 cm³/mol. The first-order valence-electron chi connectivity index (χ1n) is 8.74. The molecule has 0 aliphatic heterocycles. The van der Waals surface area contributed by atoms with Crippen molar-refractivity contribution in [1.82, 2.24) is 10.2 Å². The fraction of sp³-hybridized carbons (Fsp3) is 0.400. The summed E-state index contributed by atoms with van der Waals surface area (Å²) in [6, 6.07) is 12.8. The zero-order valence-electron chi connectivity index (χ0n) is 15.7. The zero-order chi connectivity index (χ0) is 19.8. The molecule has 7 heteroatoms. The van der Waals surface area contributed by atoms with Crippen LogP contribution in [0.2, 0.25) is 5.02 Å². The summed E-state index contributed by atoms with van der Waals surface area (Å²) in [6.07, 6.45) is 0. The van der Waals surface area contributed by atoms with Gasteiger partial charge >= 0.3 is 6.61 Å².